The Morgan fingerprint density at radius 1 is 0.889 bits per heavy atom. The zero-order valence-electron chi connectivity index (χ0n) is 15.7. The van der Waals surface area contributed by atoms with Crippen molar-refractivity contribution >= 4 is 11.8 Å². The molecular weight excluding hydrogens is 344 g/mol. The molecule has 0 rings (SSSR count). The molecule has 0 radical (unpaired) electrons. The summed E-state index contributed by atoms with van der Waals surface area (Å²) < 4.78 is 0. The zero-order chi connectivity index (χ0) is 20.3. The third-order valence-corrected chi connectivity index (χ3v) is 3.30. The predicted octanol–water partition coefficient (Wildman–Crippen LogP) is 2.33. The van der Waals surface area contributed by atoms with Crippen LogP contribution in [-0.2, 0) is 9.59 Å². The molecule has 0 saturated heterocycles. The fourth-order valence-corrected chi connectivity index (χ4v) is 1.85. The van der Waals surface area contributed by atoms with Gasteiger partial charge in [0.1, 0.15) is 6.10 Å². The molecule has 5 heteroatoms. The van der Waals surface area contributed by atoms with Gasteiger partial charge >= 0.3 is 0 Å². The smallest absolute Gasteiger partial charge is 0.184 e. The summed E-state index contributed by atoms with van der Waals surface area (Å²) in [7, 11) is 0. The maximum Gasteiger partial charge on any atom is 0.184 e. The second-order valence-corrected chi connectivity index (χ2v) is 5.73. The highest BCUT2D eigenvalue weighted by atomic mass is 16.4. The summed E-state index contributed by atoms with van der Waals surface area (Å²) in [6, 6.07) is 0. The zero-order valence-corrected chi connectivity index (χ0v) is 15.7. The molecule has 0 unspecified atom stereocenters. The summed E-state index contributed by atoms with van der Waals surface area (Å²) in [6.45, 7) is 2.04. The molecule has 0 amide bonds. The van der Waals surface area contributed by atoms with Crippen molar-refractivity contribution in [2.45, 2.75) is 51.2 Å². The third kappa shape index (κ3) is 16.7. The van der Waals surface area contributed by atoms with E-state index in [9.17, 15) is 24.9 Å². The first-order valence-corrected chi connectivity index (χ1v) is 9.05. The molecule has 27 heavy (non-hydrogen) atoms. The summed E-state index contributed by atoms with van der Waals surface area (Å²) in [5.41, 5.74) is 0. The number of rotatable bonds is 14. The Morgan fingerprint density at radius 2 is 1.52 bits per heavy atom. The van der Waals surface area contributed by atoms with Crippen LogP contribution in [0.15, 0.2) is 72.9 Å². The number of aliphatic hydroxyl groups is 2. The van der Waals surface area contributed by atoms with Gasteiger partial charge in [-0.15, -0.1) is 0 Å². The van der Waals surface area contributed by atoms with E-state index in [1.807, 2.05) is 19.1 Å². The number of carboxylic acids is 1. The summed E-state index contributed by atoms with van der Waals surface area (Å²) >= 11 is 0. The lowest BCUT2D eigenvalue weighted by Gasteiger charge is -2.02. The van der Waals surface area contributed by atoms with E-state index in [0.29, 0.717) is 12.8 Å². The first-order chi connectivity index (χ1) is 13.0. The molecule has 0 aromatic carbocycles. The van der Waals surface area contributed by atoms with E-state index >= 15 is 0 Å². The highest BCUT2D eigenvalue weighted by Gasteiger charge is 2.08. The fourth-order valence-electron chi connectivity index (χ4n) is 1.85. The van der Waals surface area contributed by atoms with Gasteiger partial charge in [-0.3, -0.25) is 4.79 Å². The summed E-state index contributed by atoms with van der Waals surface area (Å²) in [5.74, 6) is -1.55. The molecule has 0 aromatic heterocycles. The number of aliphatic carboxylic acids is 1. The molecule has 2 N–H and O–H groups in total. The van der Waals surface area contributed by atoms with Gasteiger partial charge in [-0.05, 0) is 38.2 Å². The first kappa shape index (κ1) is 24.5. The minimum absolute atomic E-state index is 0.0805. The van der Waals surface area contributed by atoms with Crippen LogP contribution in [0.1, 0.15) is 39.0 Å². The van der Waals surface area contributed by atoms with Crippen LogP contribution in [0.5, 0.6) is 0 Å². The highest BCUT2D eigenvalue weighted by Crippen LogP contribution is 2.00. The molecule has 0 spiro atoms. The third-order valence-electron chi connectivity index (χ3n) is 3.30. The molecule has 0 saturated carbocycles. The molecule has 0 aromatic rings. The van der Waals surface area contributed by atoms with Gasteiger partial charge in [0.15, 0.2) is 5.78 Å². The monoisotopic (exact) mass is 373 g/mol. The number of carboxylic acid groups (broad SMARTS) is 1. The quantitative estimate of drug-likeness (QED) is 0.277. The van der Waals surface area contributed by atoms with Crippen molar-refractivity contribution in [2.24, 2.45) is 0 Å². The average molecular weight is 373 g/mol. The number of hydrogen-bond acceptors (Lipinski definition) is 5. The summed E-state index contributed by atoms with van der Waals surface area (Å²) in [4.78, 5) is 21.9. The van der Waals surface area contributed by atoms with Crippen LogP contribution in [-0.4, -0.2) is 34.2 Å². The maximum absolute atomic E-state index is 11.7. The van der Waals surface area contributed by atoms with E-state index < -0.39 is 24.0 Å². The molecule has 0 aliphatic rings. The lowest BCUT2D eigenvalue weighted by molar-refractivity contribution is -0.305. The Morgan fingerprint density at radius 3 is 2.19 bits per heavy atom. The van der Waals surface area contributed by atoms with Crippen molar-refractivity contribution in [1.29, 1.82) is 0 Å². The molecule has 0 aliphatic heterocycles. The molecule has 5 nitrogen and oxygen atoms in total. The minimum Gasteiger partial charge on any atom is -0.550 e. The van der Waals surface area contributed by atoms with E-state index in [2.05, 4.69) is 0 Å². The van der Waals surface area contributed by atoms with Crippen molar-refractivity contribution in [3.8, 4) is 0 Å². The van der Waals surface area contributed by atoms with Crippen LogP contribution < -0.4 is 5.11 Å². The number of ketones is 1. The topological polar surface area (TPSA) is 97.7 Å². The molecule has 148 valence electrons. The van der Waals surface area contributed by atoms with Gasteiger partial charge in [0.05, 0.1) is 6.10 Å². The molecule has 0 fully saturated rings. The molecular formula is C22H29O5-. The lowest BCUT2D eigenvalue weighted by Crippen LogP contribution is -2.21. The largest absolute Gasteiger partial charge is 0.550 e. The number of allylic oxidation sites excluding steroid dienone is 8. The predicted molar refractivity (Wildman–Crippen MR) is 106 cm³/mol. The van der Waals surface area contributed by atoms with Crippen molar-refractivity contribution < 1.29 is 24.9 Å². The van der Waals surface area contributed by atoms with Gasteiger partial charge in [-0.2, -0.15) is 0 Å². The number of carbonyl (C=O) groups excluding carboxylic acids is 2. The van der Waals surface area contributed by atoms with Gasteiger partial charge in [-0.1, -0.05) is 73.8 Å². The average Bonchev–Trinajstić information content (AvgIpc) is 2.63. The van der Waals surface area contributed by atoms with Crippen LogP contribution in [0, 0.1) is 0 Å². The van der Waals surface area contributed by atoms with E-state index in [-0.39, 0.29) is 12.8 Å². The fraction of sp³-hybridized carbons (Fsp3) is 0.364. The minimum atomic E-state index is -1.14. The molecule has 2 atom stereocenters. The Kier molecular flexibility index (Phi) is 15.4. The number of hydrogen-bond donors (Lipinski definition) is 2. The maximum atomic E-state index is 11.7. The Balaban J connectivity index is 4.08. The normalized spacial score (nSPS) is 15.2. The van der Waals surface area contributed by atoms with E-state index in [1.165, 1.54) is 12.2 Å². The second kappa shape index (κ2) is 16.9. The molecule has 0 aliphatic carbocycles. The Labute approximate surface area is 161 Å². The van der Waals surface area contributed by atoms with Crippen molar-refractivity contribution in [2.75, 3.05) is 0 Å². The Bertz CT molecular complexity index is 594. The van der Waals surface area contributed by atoms with E-state index in [4.69, 9.17) is 0 Å². The summed E-state index contributed by atoms with van der Waals surface area (Å²) in [6.07, 6.45) is 20.6. The van der Waals surface area contributed by atoms with Crippen molar-refractivity contribution in [3.63, 3.8) is 0 Å². The Hall–Kier alpha value is -2.50. The van der Waals surface area contributed by atoms with Crippen molar-refractivity contribution in [3.05, 3.63) is 72.9 Å². The highest BCUT2D eigenvalue weighted by molar-refractivity contribution is 5.93. The molecule has 0 heterocycles. The van der Waals surface area contributed by atoms with Gasteiger partial charge in [0.25, 0.3) is 0 Å². The van der Waals surface area contributed by atoms with E-state index in [1.54, 1.807) is 48.6 Å². The van der Waals surface area contributed by atoms with Crippen LogP contribution in [0.4, 0.5) is 0 Å². The van der Waals surface area contributed by atoms with Crippen LogP contribution in [0.3, 0.4) is 0 Å². The second-order valence-electron chi connectivity index (χ2n) is 5.73. The molecule has 0 bridgehead atoms. The van der Waals surface area contributed by atoms with Crippen LogP contribution in [0.2, 0.25) is 0 Å². The van der Waals surface area contributed by atoms with Gasteiger partial charge < -0.3 is 20.1 Å². The summed E-state index contributed by atoms with van der Waals surface area (Å²) in [5, 5.41) is 29.5. The SMILES string of the molecule is CC/C=C\C[C@H](O)/C=C/C=C\C=C\C=C\C(=O)[C@@H](O)C/C=C\CCC(=O)[O-]. The van der Waals surface area contributed by atoms with Gasteiger partial charge in [0, 0.05) is 5.97 Å². The van der Waals surface area contributed by atoms with Gasteiger partial charge in [-0.25, -0.2) is 0 Å². The standard InChI is InChI=1S/C22H30O5/c1-2-3-9-14-19(23)15-10-6-4-5-7-11-16-20(24)21(25)17-12-8-13-18-22(26)27/h3-12,15-16,19,21,23,25H,2,13-14,17-18H2,1H3,(H,26,27)/p-1/b6-4-,7-5+,9-3-,12-8-,15-10+,16-11+/t19-,21-/m0/s1. The van der Waals surface area contributed by atoms with E-state index in [0.717, 1.165) is 6.42 Å². The van der Waals surface area contributed by atoms with Gasteiger partial charge in [0.2, 0.25) is 0 Å². The number of carbonyl (C=O) groups is 2. The van der Waals surface area contributed by atoms with Crippen LogP contribution >= 0.6 is 0 Å². The lowest BCUT2D eigenvalue weighted by atomic mass is 10.1. The van der Waals surface area contributed by atoms with Crippen molar-refractivity contribution in [1.82, 2.24) is 0 Å². The van der Waals surface area contributed by atoms with Crippen LogP contribution in [0.25, 0.3) is 0 Å². The number of aliphatic hydroxyl groups excluding tert-OH is 2. The first-order valence-electron chi connectivity index (χ1n) is 9.05.